The largest absolute Gasteiger partial charge is 0.364 e. The van der Waals surface area contributed by atoms with Gasteiger partial charge in [0.2, 0.25) is 0 Å². The maximum atomic E-state index is 12.3. The second-order valence-corrected chi connectivity index (χ2v) is 5.32. The summed E-state index contributed by atoms with van der Waals surface area (Å²) in [5.41, 5.74) is 0.748. The van der Waals surface area contributed by atoms with E-state index in [1.165, 1.54) is 12.3 Å². The third kappa shape index (κ3) is 3.70. The fraction of sp³-hybridized carbons (Fsp3) is 0.538. The fourth-order valence-electron chi connectivity index (χ4n) is 1.72. The zero-order valence-corrected chi connectivity index (χ0v) is 12.6. The molecule has 1 N–H and O–H groups in total. The normalized spacial score (nSPS) is 10.7. The Bertz CT molecular complexity index is 468. The Balaban J connectivity index is 2.98. The molecule has 5 heteroatoms. The van der Waals surface area contributed by atoms with Crippen LogP contribution in [0.25, 0.3) is 0 Å². The molecule has 1 aromatic rings. The van der Waals surface area contributed by atoms with Crippen molar-refractivity contribution in [2.24, 2.45) is 0 Å². The van der Waals surface area contributed by atoms with Gasteiger partial charge < -0.3 is 9.88 Å². The summed E-state index contributed by atoms with van der Waals surface area (Å²) in [6.07, 6.45) is 2.37. The number of carbonyl (C=O) groups is 1. The molecule has 0 unspecified atom stereocenters. The lowest BCUT2D eigenvalue weighted by Crippen LogP contribution is -2.40. The minimum absolute atomic E-state index is 0.0808. The van der Waals surface area contributed by atoms with E-state index in [0.717, 1.165) is 17.4 Å². The van der Waals surface area contributed by atoms with Gasteiger partial charge in [0.05, 0.1) is 0 Å². The smallest absolute Gasteiger partial charge is 0.259 e. The first kappa shape index (κ1) is 15.0. The molecule has 0 saturated heterocycles. The maximum Gasteiger partial charge on any atom is 0.259 e. The van der Waals surface area contributed by atoms with Crippen molar-refractivity contribution in [2.45, 2.75) is 33.2 Å². The number of alkyl halides is 1. The summed E-state index contributed by atoms with van der Waals surface area (Å²) in [6, 6.07) is 1.54. The average molecular weight is 315 g/mol. The molecule has 0 aliphatic carbocycles. The van der Waals surface area contributed by atoms with Gasteiger partial charge >= 0.3 is 0 Å². The first-order valence-corrected chi connectivity index (χ1v) is 7.15. The van der Waals surface area contributed by atoms with Crippen LogP contribution in [0.2, 0.25) is 0 Å². The number of pyridine rings is 1. The molecule has 1 rings (SSSR count). The number of amides is 1. The Labute approximate surface area is 116 Å². The van der Waals surface area contributed by atoms with Crippen molar-refractivity contribution < 1.29 is 4.79 Å². The van der Waals surface area contributed by atoms with Crippen LogP contribution in [0.1, 0.15) is 36.3 Å². The highest BCUT2D eigenvalue weighted by atomic mass is 79.9. The summed E-state index contributed by atoms with van der Waals surface area (Å²) >= 11 is 3.35. The standard InChI is InChI=1S/C13H19BrN2O2/c1-9(2)16(6-4-5-14)13(18)11-8-15-10(3)7-12(11)17/h7-9H,4-6H2,1-3H3,(H,15,17). The van der Waals surface area contributed by atoms with Crippen molar-refractivity contribution in [2.75, 3.05) is 11.9 Å². The van der Waals surface area contributed by atoms with Crippen molar-refractivity contribution in [3.8, 4) is 0 Å². The molecule has 0 aromatic carbocycles. The number of nitrogens with zero attached hydrogens (tertiary/aromatic N) is 1. The highest BCUT2D eigenvalue weighted by molar-refractivity contribution is 9.09. The molecule has 100 valence electrons. The van der Waals surface area contributed by atoms with E-state index in [2.05, 4.69) is 20.9 Å². The summed E-state index contributed by atoms with van der Waals surface area (Å²) in [4.78, 5) is 28.8. The molecule has 0 fully saturated rings. The van der Waals surface area contributed by atoms with Crippen molar-refractivity contribution in [1.82, 2.24) is 9.88 Å². The van der Waals surface area contributed by atoms with Crippen LogP contribution in [0, 0.1) is 6.92 Å². The number of aryl methyl sites for hydroxylation is 1. The Morgan fingerprint density at radius 3 is 2.67 bits per heavy atom. The maximum absolute atomic E-state index is 12.3. The van der Waals surface area contributed by atoms with Gasteiger partial charge in [0.15, 0.2) is 5.43 Å². The third-order valence-corrected chi connectivity index (χ3v) is 3.27. The van der Waals surface area contributed by atoms with E-state index in [-0.39, 0.29) is 22.9 Å². The van der Waals surface area contributed by atoms with Crippen molar-refractivity contribution in [1.29, 1.82) is 0 Å². The quantitative estimate of drug-likeness (QED) is 0.848. The van der Waals surface area contributed by atoms with Crippen molar-refractivity contribution in [3.63, 3.8) is 0 Å². The second kappa shape index (κ2) is 6.73. The number of hydrogen-bond acceptors (Lipinski definition) is 2. The lowest BCUT2D eigenvalue weighted by atomic mass is 10.2. The van der Waals surface area contributed by atoms with Crippen molar-refractivity contribution >= 4 is 21.8 Å². The van der Waals surface area contributed by atoms with Crippen LogP contribution in [-0.2, 0) is 0 Å². The van der Waals surface area contributed by atoms with Crippen LogP contribution < -0.4 is 5.43 Å². The zero-order chi connectivity index (χ0) is 13.7. The molecule has 0 atom stereocenters. The second-order valence-electron chi connectivity index (χ2n) is 4.53. The number of halogens is 1. The number of aromatic nitrogens is 1. The van der Waals surface area contributed by atoms with Crippen LogP contribution in [0.5, 0.6) is 0 Å². The lowest BCUT2D eigenvalue weighted by molar-refractivity contribution is 0.0705. The van der Waals surface area contributed by atoms with E-state index in [0.29, 0.717) is 6.54 Å². The number of H-pyrrole nitrogens is 1. The number of hydrogen-bond donors (Lipinski definition) is 1. The van der Waals surface area contributed by atoms with Crippen LogP contribution in [0.3, 0.4) is 0 Å². The predicted molar refractivity (Wildman–Crippen MR) is 76.4 cm³/mol. The number of carbonyl (C=O) groups excluding carboxylic acids is 1. The Morgan fingerprint density at radius 1 is 1.50 bits per heavy atom. The molecule has 4 nitrogen and oxygen atoms in total. The van der Waals surface area contributed by atoms with E-state index in [9.17, 15) is 9.59 Å². The first-order valence-electron chi connectivity index (χ1n) is 6.03. The molecule has 0 radical (unpaired) electrons. The Morgan fingerprint density at radius 2 is 2.17 bits per heavy atom. The van der Waals surface area contributed by atoms with Gasteiger partial charge in [-0.15, -0.1) is 0 Å². The van der Waals surface area contributed by atoms with Gasteiger partial charge in [0, 0.05) is 35.9 Å². The molecule has 0 bridgehead atoms. The number of nitrogens with one attached hydrogen (secondary N) is 1. The van der Waals surface area contributed by atoms with Gasteiger partial charge in [-0.25, -0.2) is 0 Å². The third-order valence-electron chi connectivity index (χ3n) is 2.70. The number of aromatic amines is 1. The van der Waals surface area contributed by atoms with Gasteiger partial charge in [0.1, 0.15) is 5.56 Å². The van der Waals surface area contributed by atoms with Gasteiger partial charge in [-0.1, -0.05) is 15.9 Å². The van der Waals surface area contributed by atoms with E-state index >= 15 is 0 Å². The van der Waals surface area contributed by atoms with Crippen LogP contribution >= 0.6 is 15.9 Å². The Kier molecular flexibility index (Phi) is 5.59. The van der Waals surface area contributed by atoms with E-state index < -0.39 is 0 Å². The van der Waals surface area contributed by atoms with Gasteiger partial charge in [-0.05, 0) is 27.2 Å². The summed E-state index contributed by atoms with van der Waals surface area (Å²) < 4.78 is 0. The minimum atomic E-state index is -0.222. The monoisotopic (exact) mass is 314 g/mol. The predicted octanol–water partition coefficient (Wildman–Crippen LogP) is 2.32. The topological polar surface area (TPSA) is 53.2 Å². The average Bonchev–Trinajstić information content (AvgIpc) is 2.28. The molecule has 0 aliphatic heterocycles. The highest BCUT2D eigenvalue weighted by Gasteiger charge is 2.20. The van der Waals surface area contributed by atoms with Crippen LogP contribution in [0.4, 0.5) is 0 Å². The van der Waals surface area contributed by atoms with Gasteiger partial charge in [-0.3, -0.25) is 9.59 Å². The van der Waals surface area contributed by atoms with E-state index in [1.807, 2.05) is 13.8 Å². The van der Waals surface area contributed by atoms with E-state index in [1.54, 1.807) is 11.8 Å². The first-order chi connectivity index (χ1) is 8.47. The summed E-state index contributed by atoms with van der Waals surface area (Å²) in [5.74, 6) is -0.202. The van der Waals surface area contributed by atoms with Crippen LogP contribution in [-0.4, -0.2) is 33.7 Å². The lowest BCUT2D eigenvalue weighted by Gasteiger charge is -2.26. The summed E-state index contributed by atoms with van der Waals surface area (Å²) in [7, 11) is 0. The van der Waals surface area contributed by atoms with E-state index in [4.69, 9.17) is 0 Å². The van der Waals surface area contributed by atoms with Gasteiger partial charge in [0.25, 0.3) is 5.91 Å². The van der Waals surface area contributed by atoms with Gasteiger partial charge in [-0.2, -0.15) is 0 Å². The zero-order valence-electron chi connectivity index (χ0n) is 11.0. The molecular formula is C13H19BrN2O2. The highest BCUT2D eigenvalue weighted by Crippen LogP contribution is 2.07. The molecular weight excluding hydrogens is 296 g/mol. The molecule has 1 aromatic heterocycles. The SMILES string of the molecule is Cc1cc(=O)c(C(=O)N(CCCBr)C(C)C)c[nH]1. The molecule has 0 saturated carbocycles. The minimum Gasteiger partial charge on any atom is -0.364 e. The van der Waals surface area contributed by atoms with Crippen LogP contribution in [0.15, 0.2) is 17.1 Å². The molecule has 0 aliphatic rings. The summed E-state index contributed by atoms with van der Waals surface area (Å²) in [6.45, 7) is 6.35. The summed E-state index contributed by atoms with van der Waals surface area (Å²) in [5, 5.41) is 0.841. The molecule has 0 spiro atoms. The molecule has 1 amide bonds. The fourth-order valence-corrected chi connectivity index (χ4v) is 1.97. The molecule has 1 heterocycles. The van der Waals surface area contributed by atoms with Crippen molar-refractivity contribution in [3.05, 3.63) is 33.7 Å². The Hall–Kier alpha value is -1.10. The molecule has 18 heavy (non-hydrogen) atoms. The number of rotatable bonds is 5.